The fourth-order valence-corrected chi connectivity index (χ4v) is 1.43. The quantitative estimate of drug-likeness (QED) is 0.481. The van der Waals surface area contributed by atoms with Crippen molar-refractivity contribution in [3.05, 3.63) is 28.8 Å². The van der Waals surface area contributed by atoms with Crippen molar-refractivity contribution in [3.8, 4) is 5.75 Å². The SMILES string of the molecule is CCC(Oc1cc(C)ccc1Cl)C(=O)NN. The second-order valence-electron chi connectivity index (χ2n) is 3.46. The molecule has 1 amide bonds. The molecule has 0 spiro atoms. The molecule has 0 aliphatic heterocycles. The Morgan fingerprint density at radius 2 is 2.31 bits per heavy atom. The van der Waals surface area contributed by atoms with Crippen molar-refractivity contribution < 1.29 is 9.53 Å². The molecule has 0 aromatic heterocycles. The van der Waals surface area contributed by atoms with E-state index in [0.29, 0.717) is 17.2 Å². The summed E-state index contributed by atoms with van der Waals surface area (Å²) in [6, 6.07) is 5.40. The summed E-state index contributed by atoms with van der Waals surface area (Å²) in [5.74, 6) is 5.19. The zero-order chi connectivity index (χ0) is 12.1. The lowest BCUT2D eigenvalue weighted by molar-refractivity contribution is -0.128. The number of amides is 1. The number of ether oxygens (including phenoxy) is 1. The first kappa shape index (κ1) is 12.8. The van der Waals surface area contributed by atoms with Crippen LogP contribution in [0.25, 0.3) is 0 Å². The normalized spacial score (nSPS) is 12.0. The monoisotopic (exact) mass is 242 g/mol. The predicted octanol–water partition coefficient (Wildman–Crippen LogP) is 1.80. The molecular formula is C11H15ClN2O2. The molecule has 1 atom stereocenters. The van der Waals surface area contributed by atoms with Crippen LogP contribution in [0.1, 0.15) is 18.9 Å². The number of rotatable bonds is 4. The molecule has 1 aromatic carbocycles. The van der Waals surface area contributed by atoms with E-state index in [4.69, 9.17) is 22.2 Å². The van der Waals surface area contributed by atoms with E-state index in [0.717, 1.165) is 5.56 Å². The van der Waals surface area contributed by atoms with Gasteiger partial charge in [0.1, 0.15) is 5.75 Å². The highest BCUT2D eigenvalue weighted by molar-refractivity contribution is 6.32. The van der Waals surface area contributed by atoms with Gasteiger partial charge in [0.15, 0.2) is 6.10 Å². The second-order valence-corrected chi connectivity index (χ2v) is 3.86. The molecule has 0 aliphatic carbocycles. The van der Waals surface area contributed by atoms with E-state index in [2.05, 4.69) is 5.43 Å². The van der Waals surface area contributed by atoms with Gasteiger partial charge >= 0.3 is 0 Å². The van der Waals surface area contributed by atoms with Crippen LogP contribution >= 0.6 is 11.6 Å². The molecule has 0 heterocycles. The van der Waals surface area contributed by atoms with Gasteiger partial charge in [-0.05, 0) is 31.0 Å². The summed E-state index contributed by atoms with van der Waals surface area (Å²) < 4.78 is 5.50. The molecule has 1 unspecified atom stereocenters. The highest BCUT2D eigenvalue weighted by atomic mass is 35.5. The maximum Gasteiger partial charge on any atom is 0.274 e. The molecule has 0 radical (unpaired) electrons. The average molecular weight is 243 g/mol. The van der Waals surface area contributed by atoms with Gasteiger partial charge in [0.05, 0.1) is 5.02 Å². The largest absolute Gasteiger partial charge is 0.479 e. The summed E-state index contributed by atoms with van der Waals surface area (Å²) in [6.07, 6.45) is -0.0999. The third-order valence-electron chi connectivity index (χ3n) is 2.16. The predicted molar refractivity (Wildman–Crippen MR) is 63.2 cm³/mol. The number of hydrazine groups is 1. The summed E-state index contributed by atoms with van der Waals surface area (Å²) in [5.41, 5.74) is 3.08. The minimum absolute atomic E-state index is 0.361. The molecule has 3 N–H and O–H groups in total. The second kappa shape index (κ2) is 5.72. The summed E-state index contributed by atoms with van der Waals surface area (Å²) >= 11 is 5.96. The van der Waals surface area contributed by atoms with E-state index in [1.165, 1.54) is 0 Å². The topological polar surface area (TPSA) is 64.3 Å². The zero-order valence-electron chi connectivity index (χ0n) is 9.29. The molecule has 16 heavy (non-hydrogen) atoms. The molecule has 0 fully saturated rings. The summed E-state index contributed by atoms with van der Waals surface area (Å²) in [7, 11) is 0. The van der Waals surface area contributed by atoms with Crippen LogP contribution in [0.3, 0.4) is 0 Å². The van der Waals surface area contributed by atoms with Gasteiger partial charge in [-0.3, -0.25) is 10.2 Å². The molecule has 88 valence electrons. The first-order valence-corrected chi connectivity index (χ1v) is 5.39. The highest BCUT2D eigenvalue weighted by Crippen LogP contribution is 2.26. The van der Waals surface area contributed by atoms with Crippen LogP contribution in [0.5, 0.6) is 5.75 Å². The molecule has 4 nitrogen and oxygen atoms in total. The van der Waals surface area contributed by atoms with Crippen LogP contribution in [0.4, 0.5) is 0 Å². The number of hydrogen-bond acceptors (Lipinski definition) is 3. The van der Waals surface area contributed by atoms with Gasteiger partial charge in [0, 0.05) is 0 Å². The van der Waals surface area contributed by atoms with Crippen LogP contribution in [-0.2, 0) is 4.79 Å². The van der Waals surface area contributed by atoms with Gasteiger partial charge < -0.3 is 4.74 Å². The lowest BCUT2D eigenvalue weighted by atomic mass is 10.2. The van der Waals surface area contributed by atoms with Crippen LogP contribution in [0.2, 0.25) is 5.02 Å². The lowest BCUT2D eigenvalue weighted by Gasteiger charge is -2.16. The third kappa shape index (κ3) is 3.12. The Morgan fingerprint density at radius 1 is 1.62 bits per heavy atom. The Bertz CT molecular complexity index is 382. The average Bonchev–Trinajstić information content (AvgIpc) is 2.29. The smallest absolute Gasteiger partial charge is 0.274 e. The van der Waals surface area contributed by atoms with Crippen molar-refractivity contribution in [2.24, 2.45) is 5.84 Å². The number of nitrogens with two attached hydrogens (primary N) is 1. The van der Waals surface area contributed by atoms with Crippen molar-refractivity contribution in [2.75, 3.05) is 0 Å². The van der Waals surface area contributed by atoms with Crippen LogP contribution in [0, 0.1) is 6.92 Å². The van der Waals surface area contributed by atoms with Gasteiger partial charge in [0.25, 0.3) is 5.91 Å². The highest BCUT2D eigenvalue weighted by Gasteiger charge is 2.18. The molecule has 0 saturated carbocycles. The van der Waals surface area contributed by atoms with Gasteiger partial charge in [0.2, 0.25) is 0 Å². The van der Waals surface area contributed by atoms with Crippen LogP contribution in [-0.4, -0.2) is 12.0 Å². The number of aryl methyl sites for hydroxylation is 1. The molecule has 1 rings (SSSR count). The number of carbonyl (C=O) groups excluding carboxylic acids is 1. The Hall–Kier alpha value is -1.26. The maximum absolute atomic E-state index is 11.3. The molecule has 0 saturated heterocycles. The number of nitrogens with one attached hydrogen (secondary N) is 1. The van der Waals surface area contributed by atoms with E-state index in [1.54, 1.807) is 12.1 Å². The first-order chi connectivity index (χ1) is 7.58. The van der Waals surface area contributed by atoms with Crippen LogP contribution < -0.4 is 16.0 Å². The number of hydrogen-bond donors (Lipinski definition) is 2. The van der Waals surface area contributed by atoms with Crippen LogP contribution in [0.15, 0.2) is 18.2 Å². The first-order valence-electron chi connectivity index (χ1n) is 5.01. The van der Waals surface area contributed by atoms with Gasteiger partial charge in [-0.2, -0.15) is 0 Å². The van der Waals surface area contributed by atoms with E-state index < -0.39 is 6.10 Å². The van der Waals surface area contributed by atoms with E-state index in [9.17, 15) is 4.79 Å². The van der Waals surface area contributed by atoms with Crippen molar-refractivity contribution in [1.82, 2.24) is 5.43 Å². The van der Waals surface area contributed by atoms with Gasteiger partial charge in [-0.1, -0.05) is 24.6 Å². The fourth-order valence-electron chi connectivity index (χ4n) is 1.27. The fraction of sp³-hybridized carbons (Fsp3) is 0.364. The van der Waals surface area contributed by atoms with Crippen molar-refractivity contribution in [1.29, 1.82) is 0 Å². The zero-order valence-corrected chi connectivity index (χ0v) is 10.0. The molecule has 1 aromatic rings. The van der Waals surface area contributed by atoms with Gasteiger partial charge in [-0.15, -0.1) is 0 Å². The minimum atomic E-state index is -0.621. The van der Waals surface area contributed by atoms with E-state index >= 15 is 0 Å². The lowest BCUT2D eigenvalue weighted by Crippen LogP contribution is -2.41. The van der Waals surface area contributed by atoms with E-state index in [1.807, 2.05) is 19.9 Å². The van der Waals surface area contributed by atoms with E-state index in [-0.39, 0.29) is 5.91 Å². The maximum atomic E-state index is 11.3. The molecular weight excluding hydrogens is 228 g/mol. The summed E-state index contributed by atoms with van der Waals surface area (Å²) in [6.45, 7) is 3.76. The summed E-state index contributed by atoms with van der Waals surface area (Å²) in [4.78, 5) is 11.3. The third-order valence-corrected chi connectivity index (χ3v) is 2.47. The number of carbonyl (C=O) groups is 1. The Labute approximate surface area is 99.7 Å². The molecule has 0 aliphatic rings. The standard InChI is InChI=1S/C11H15ClN2O2/c1-3-9(11(15)14-13)16-10-6-7(2)4-5-8(10)12/h4-6,9H,3,13H2,1-2H3,(H,14,15). The Balaban J connectivity index is 2.85. The van der Waals surface area contributed by atoms with Crippen molar-refractivity contribution in [2.45, 2.75) is 26.4 Å². The number of halogens is 1. The summed E-state index contributed by atoms with van der Waals surface area (Å²) in [5, 5.41) is 0.480. The Kier molecular flexibility index (Phi) is 4.58. The number of benzene rings is 1. The van der Waals surface area contributed by atoms with Crippen molar-refractivity contribution >= 4 is 17.5 Å². The van der Waals surface area contributed by atoms with Gasteiger partial charge in [-0.25, -0.2) is 5.84 Å². The van der Waals surface area contributed by atoms with Crippen molar-refractivity contribution in [3.63, 3.8) is 0 Å². The molecule has 5 heteroatoms. The Morgan fingerprint density at radius 3 is 2.88 bits per heavy atom. The minimum Gasteiger partial charge on any atom is -0.479 e. The molecule has 0 bridgehead atoms.